The Kier molecular flexibility index (Phi) is 5.09. The average molecular weight is 286 g/mol. The molecule has 2 N–H and O–H groups in total. The zero-order valence-corrected chi connectivity index (χ0v) is 12.8. The van der Waals surface area contributed by atoms with Crippen LogP contribution in [0.25, 0.3) is 10.8 Å². The lowest BCUT2D eigenvalue weighted by Gasteiger charge is -2.10. The zero-order valence-electron chi connectivity index (χ0n) is 12.8. The van der Waals surface area contributed by atoms with Crippen LogP contribution in [0.3, 0.4) is 0 Å². The fraction of sp³-hybridized carbons (Fsp3) is 0.438. The summed E-state index contributed by atoms with van der Waals surface area (Å²) in [5, 5.41) is 16.6. The summed E-state index contributed by atoms with van der Waals surface area (Å²) in [5.41, 5.74) is 0.908. The molecule has 0 bridgehead atoms. The van der Waals surface area contributed by atoms with Crippen LogP contribution in [0.2, 0.25) is 0 Å². The fourth-order valence-corrected chi connectivity index (χ4v) is 2.07. The monoisotopic (exact) mass is 286 g/mol. The lowest BCUT2D eigenvalue weighted by atomic mass is 10.1. The van der Waals surface area contributed by atoms with Crippen LogP contribution in [-0.2, 0) is 4.79 Å². The summed E-state index contributed by atoms with van der Waals surface area (Å²) in [5.74, 6) is 1.25. The van der Waals surface area contributed by atoms with Crippen molar-refractivity contribution in [1.82, 2.24) is 15.5 Å². The van der Waals surface area contributed by atoms with Crippen molar-refractivity contribution in [2.75, 3.05) is 18.4 Å². The molecule has 21 heavy (non-hydrogen) atoms. The van der Waals surface area contributed by atoms with Crippen molar-refractivity contribution < 1.29 is 4.79 Å². The van der Waals surface area contributed by atoms with Gasteiger partial charge in [-0.1, -0.05) is 38.1 Å². The topological polar surface area (TPSA) is 66.9 Å². The standard InChI is InChI=1S/C16H22N4O/c1-11(2)10-18-15(21)8-9-17-16-14-7-5-4-6-13(14)12(3)19-20-16/h4-7,11H,8-10H2,1-3H3,(H,17,20)(H,18,21). The molecule has 1 amide bonds. The van der Waals surface area contributed by atoms with Crippen LogP contribution in [-0.4, -0.2) is 29.2 Å². The molecular weight excluding hydrogens is 264 g/mol. The number of rotatable bonds is 6. The number of aryl methyl sites for hydroxylation is 1. The number of carbonyl (C=O) groups is 1. The number of nitrogens with zero attached hydrogens (tertiary/aromatic N) is 2. The third-order valence-corrected chi connectivity index (χ3v) is 3.22. The zero-order chi connectivity index (χ0) is 15.2. The second-order valence-corrected chi connectivity index (χ2v) is 5.55. The molecule has 5 nitrogen and oxygen atoms in total. The summed E-state index contributed by atoms with van der Waals surface area (Å²) in [4.78, 5) is 11.7. The van der Waals surface area contributed by atoms with Crippen molar-refractivity contribution in [3.8, 4) is 0 Å². The Morgan fingerprint density at radius 3 is 2.62 bits per heavy atom. The molecule has 1 aromatic carbocycles. The number of fused-ring (bicyclic) bond motifs is 1. The number of hydrogen-bond donors (Lipinski definition) is 2. The van der Waals surface area contributed by atoms with Crippen molar-refractivity contribution in [2.45, 2.75) is 27.2 Å². The van der Waals surface area contributed by atoms with Crippen LogP contribution in [0.4, 0.5) is 5.82 Å². The van der Waals surface area contributed by atoms with E-state index < -0.39 is 0 Å². The van der Waals surface area contributed by atoms with Crippen LogP contribution < -0.4 is 10.6 Å². The van der Waals surface area contributed by atoms with E-state index in [9.17, 15) is 4.79 Å². The SMILES string of the molecule is Cc1nnc(NCCC(=O)NCC(C)C)c2ccccc12. The number of amides is 1. The number of nitrogens with one attached hydrogen (secondary N) is 2. The van der Waals surface area contributed by atoms with Crippen molar-refractivity contribution in [3.63, 3.8) is 0 Å². The Morgan fingerprint density at radius 1 is 1.19 bits per heavy atom. The van der Waals surface area contributed by atoms with Gasteiger partial charge in [0.2, 0.25) is 5.91 Å². The minimum absolute atomic E-state index is 0.0561. The smallest absolute Gasteiger partial charge is 0.221 e. The summed E-state index contributed by atoms with van der Waals surface area (Å²) in [6.07, 6.45) is 0.427. The van der Waals surface area contributed by atoms with Crippen LogP contribution >= 0.6 is 0 Å². The van der Waals surface area contributed by atoms with Crippen molar-refractivity contribution in [1.29, 1.82) is 0 Å². The maximum atomic E-state index is 11.7. The van der Waals surface area contributed by atoms with Gasteiger partial charge in [0.25, 0.3) is 0 Å². The van der Waals surface area contributed by atoms with Crippen LogP contribution in [0.15, 0.2) is 24.3 Å². The summed E-state index contributed by atoms with van der Waals surface area (Å²) >= 11 is 0. The van der Waals surface area contributed by atoms with Gasteiger partial charge in [0.1, 0.15) is 0 Å². The summed E-state index contributed by atoms with van der Waals surface area (Å²) in [7, 11) is 0. The lowest BCUT2D eigenvalue weighted by Crippen LogP contribution is -2.28. The molecular formula is C16H22N4O. The van der Waals surface area contributed by atoms with Gasteiger partial charge in [-0.3, -0.25) is 4.79 Å². The first-order valence-electron chi connectivity index (χ1n) is 7.30. The fourth-order valence-electron chi connectivity index (χ4n) is 2.07. The van der Waals surface area contributed by atoms with E-state index in [-0.39, 0.29) is 5.91 Å². The first-order chi connectivity index (χ1) is 10.1. The van der Waals surface area contributed by atoms with Crippen LogP contribution in [0, 0.1) is 12.8 Å². The molecule has 1 aromatic heterocycles. The second kappa shape index (κ2) is 7.02. The summed E-state index contributed by atoms with van der Waals surface area (Å²) in [6, 6.07) is 8.00. The minimum Gasteiger partial charge on any atom is -0.368 e. The molecule has 0 aliphatic rings. The molecule has 0 aliphatic carbocycles. The maximum Gasteiger partial charge on any atom is 0.221 e. The Balaban J connectivity index is 1.95. The van der Waals surface area contributed by atoms with Gasteiger partial charge in [-0.25, -0.2) is 0 Å². The van der Waals surface area contributed by atoms with Crippen LogP contribution in [0.1, 0.15) is 26.0 Å². The lowest BCUT2D eigenvalue weighted by molar-refractivity contribution is -0.120. The maximum absolute atomic E-state index is 11.7. The van der Waals surface area contributed by atoms with E-state index in [2.05, 4.69) is 34.7 Å². The molecule has 0 atom stereocenters. The molecule has 1 heterocycles. The quantitative estimate of drug-likeness (QED) is 0.856. The number of aromatic nitrogens is 2. The first-order valence-corrected chi connectivity index (χ1v) is 7.30. The summed E-state index contributed by atoms with van der Waals surface area (Å²) < 4.78 is 0. The van der Waals surface area contributed by atoms with E-state index in [1.54, 1.807) is 0 Å². The van der Waals surface area contributed by atoms with Gasteiger partial charge >= 0.3 is 0 Å². The molecule has 2 aromatic rings. The molecule has 0 saturated carbocycles. The van der Waals surface area contributed by atoms with Gasteiger partial charge in [0.05, 0.1) is 5.69 Å². The van der Waals surface area contributed by atoms with E-state index in [1.807, 2.05) is 31.2 Å². The van der Waals surface area contributed by atoms with E-state index in [4.69, 9.17) is 0 Å². The summed E-state index contributed by atoms with van der Waals surface area (Å²) in [6.45, 7) is 7.36. The average Bonchev–Trinajstić information content (AvgIpc) is 2.48. The van der Waals surface area contributed by atoms with Gasteiger partial charge in [0.15, 0.2) is 5.82 Å². The Labute approximate surface area is 125 Å². The highest BCUT2D eigenvalue weighted by molar-refractivity contribution is 5.92. The Bertz CT molecular complexity index is 625. The molecule has 112 valence electrons. The first kappa shape index (κ1) is 15.2. The van der Waals surface area contributed by atoms with Crippen molar-refractivity contribution in [3.05, 3.63) is 30.0 Å². The minimum atomic E-state index is 0.0561. The molecule has 2 rings (SSSR count). The van der Waals surface area contributed by atoms with Crippen molar-refractivity contribution >= 4 is 22.5 Å². The predicted octanol–water partition coefficient (Wildman–Crippen LogP) is 2.51. The number of benzene rings is 1. The van der Waals surface area contributed by atoms with Crippen molar-refractivity contribution in [2.24, 2.45) is 5.92 Å². The van der Waals surface area contributed by atoms with Gasteiger partial charge in [-0.2, -0.15) is 5.10 Å². The molecule has 5 heteroatoms. The van der Waals surface area contributed by atoms with E-state index in [0.29, 0.717) is 25.4 Å². The normalized spacial score (nSPS) is 10.9. The third-order valence-electron chi connectivity index (χ3n) is 3.22. The van der Waals surface area contributed by atoms with E-state index in [1.165, 1.54) is 0 Å². The number of anilines is 1. The van der Waals surface area contributed by atoms with Gasteiger partial charge in [-0.05, 0) is 12.8 Å². The largest absolute Gasteiger partial charge is 0.368 e. The predicted molar refractivity (Wildman–Crippen MR) is 85.2 cm³/mol. The van der Waals surface area contributed by atoms with E-state index in [0.717, 1.165) is 22.3 Å². The van der Waals surface area contributed by atoms with Gasteiger partial charge in [-0.15, -0.1) is 5.10 Å². The highest BCUT2D eigenvalue weighted by Gasteiger charge is 2.07. The Hall–Kier alpha value is -2.17. The van der Waals surface area contributed by atoms with Crippen LogP contribution in [0.5, 0.6) is 0 Å². The molecule has 0 spiro atoms. The number of carbonyl (C=O) groups excluding carboxylic acids is 1. The van der Waals surface area contributed by atoms with Gasteiger partial charge in [0, 0.05) is 30.3 Å². The third kappa shape index (κ3) is 4.15. The molecule has 0 saturated heterocycles. The highest BCUT2D eigenvalue weighted by Crippen LogP contribution is 2.21. The molecule has 0 fully saturated rings. The second-order valence-electron chi connectivity index (χ2n) is 5.55. The highest BCUT2D eigenvalue weighted by atomic mass is 16.1. The van der Waals surface area contributed by atoms with E-state index >= 15 is 0 Å². The Morgan fingerprint density at radius 2 is 1.90 bits per heavy atom. The number of hydrogen-bond acceptors (Lipinski definition) is 4. The molecule has 0 aliphatic heterocycles. The van der Waals surface area contributed by atoms with Gasteiger partial charge < -0.3 is 10.6 Å². The molecule has 0 radical (unpaired) electrons. The molecule has 0 unspecified atom stereocenters.